The Balaban J connectivity index is 2.05. The lowest BCUT2D eigenvalue weighted by Gasteiger charge is -2.43. The number of nitrogens with zero attached hydrogens (tertiary/aromatic N) is 1. The molecule has 2 rings (SSSR count). The van der Waals surface area contributed by atoms with Gasteiger partial charge in [0.25, 0.3) is 0 Å². The van der Waals surface area contributed by atoms with Crippen LogP contribution in [0.1, 0.15) is 58.8 Å². The van der Waals surface area contributed by atoms with Crippen LogP contribution in [0, 0.1) is 5.41 Å². The number of piperidine rings is 2. The van der Waals surface area contributed by atoms with E-state index >= 15 is 0 Å². The number of amides is 1. The summed E-state index contributed by atoms with van der Waals surface area (Å²) in [5.41, 5.74) is -0.103. The summed E-state index contributed by atoms with van der Waals surface area (Å²) in [6, 6.07) is 0.517. The zero-order chi connectivity index (χ0) is 13.0. The van der Waals surface area contributed by atoms with Gasteiger partial charge in [0.2, 0.25) is 5.91 Å². The van der Waals surface area contributed by atoms with Crippen LogP contribution in [0.2, 0.25) is 0 Å². The molecule has 2 aliphatic heterocycles. The van der Waals surface area contributed by atoms with Gasteiger partial charge in [0.1, 0.15) is 0 Å². The minimum absolute atomic E-state index is 0.103. The summed E-state index contributed by atoms with van der Waals surface area (Å²) in [7, 11) is 0. The van der Waals surface area contributed by atoms with Gasteiger partial charge in [-0.05, 0) is 51.6 Å². The van der Waals surface area contributed by atoms with Crippen molar-refractivity contribution in [1.82, 2.24) is 10.2 Å². The van der Waals surface area contributed by atoms with Crippen molar-refractivity contribution in [3.63, 3.8) is 0 Å². The summed E-state index contributed by atoms with van der Waals surface area (Å²) >= 11 is 0. The lowest BCUT2D eigenvalue weighted by atomic mass is 9.78. The topological polar surface area (TPSA) is 32.3 Å². The van der Waals surface area contributed by atoms with Gasteiger partial charge < -0.3 is 10.2 Å². The molecular formula is C15H28N2O. The second-order valence-electron chi connectivity index (χ2n) is 6.25. The first-order valence-electron chi connectivity index (χ1n) is 7.69. The van der Waals surface area contributed by atoms with Crippen LogP contribution < -0.4 is 5.32 Å². The number of hydrogen-bond acceptors (Lipinski definition) is 2. The highest BCUT2D eigenvalue weighted by atomic mass is 16.2. The van der Waals surface area contributed by atoms with Crippen molar-refractivity contribution in [3.05, 3.63) is 0 Å². The molecule has 0 aromatic carbocycles. The predicted octanol–water partition coefficient (Wildman–Crippen LogP) is 2.56. The molecule has 3 nitrogen and oxygen atoms in total. The number of hydrogen-bond donors (Lipinski definition) is 1. The predicted molar refractivity (Wildman–Crippen MR) is 74.5 cm³/mol. The van der Waals surface area contributed by atoms with Crippen LogP contribution in [0.15, 0.2) is 0 Å². The van der Waals surface area contributed by atoms with Gasteiger partial charge in [0.15, 0.2) is 0 Å². The van der Waals surface area contributed by atoms with Crippen LogP contribution in [0.25, 0.3) is 0 Å². The highest BCUT2D eigenvalue weighted by Crippen LogP contribution is 2.33. The summed E-state index contributed by atoms with van der Waals surface area (Å²) in [6.45, 7) is 7.38. The van der Waals surface area contributed by atoms with Crippen LogP contribution in [-0.4, -0.2) is 36.5 Å². The first-order valence-corrected chi connectivity index (χ1v) is 7.69. The van der Waals surface area contributed by atoms with Crippen molar-refractivity contribution < 1.29 is 4.79 Å². The standard InChI is InChI=1S/C15H28N2O/c1-3-6-13-7-4-5-12-17(13)14(18)15(2)8-10-16-11-9-15/h13,16H,3-12H2,1-2H3. The van der Waals surface area contributed by atoms with Gasteiger partial charge >= 0.3 is 0 Å². The molecule has 0 radical (unpaired) electrons. The monoisotopic (exact) mass is 252 g/mol. The van der Waals surface area contributed by atoms with Crippen LogP contribution in [0.3, 0.4) is 0 Å². The van der Waals surface area contributed by atoms with Gasteiger partial charge in [-0.3, -0.25) is 4.79 Å². The average Bonchev–Trinajstić information content (AvgIpc) is 2.40. The summed E-state index contributed by atoms with van der Waals surface area (Å²) in [4.78, 5) is 15.1. The molecule has 2 heterocycles. The van der Waals surface area contributed by atoms with Gasteiger partial charge in [0, 0.05) is 18.0 Å². The van der Waals surface area contributed by atoms with Gasteiger partial charge in [-0.25, -0.2) is 0 Å². The smallest absolute Gasteiger partial charge is 0.228 e. The third-order valence-corrected chi connectivity index (χ3v) is 4.73. The number of carbonyl (C=O) groups excluding carboxylic acids is 1. The fourth-order valence-electron chi connectivity index (χ4n) is 3.44. The molecule has 0 spiro atoms. The van der Waals surface area contributed by atoms with Crippen molar-refractivity contribution in [1.29, 1.82) is 0 Å². The molecule has 1 unspecified atom stereocenters. The Labute approximate surface area is 111 Å². The quantitative estimate of drug-likeness (QED) is 0.837. The number of carbonyl (C=O) groups is 1. The van der Waals surface area contributed by atoms with E-state index < -0.39 is 0 Å². The molecule has 2 saturated heterocycles. The number of rotatable bonds is 3. The maximum Gasteiger partial charge on any atom is 0.228 e. The third kappa shape index (κ3) is 2.87. The van der Waals surface area contributed by atoms with Crippen LogP contribution in [-0.2, 0) is 4.79 Å². The first-order chi connectivity index (χ1) is 8.67. The van der Waals surface area contributed by atoms with E-state index in [2.05, 4.69) is 24.1 Å². The second-order valence-corrected chi connectivity index (χ2v) is 6.25. The van der Waals surface area contributed by atoms with E-state index in [4.69, 9.17) is 0 Å². The minimum atomic E-state index is -0.103. The van der Waals surface area contributed by atoms with Gasteiger partial charge in [-0.2, -0.15) is 0 Å². The molecule has 0 bridgehead atoms. The summed E-state index contributed by atoms with van der Waals surface area (Å²) in [5, 5.41) is 3.36. The summed E-state index contributed by atoms with van der Waals surface area (Å²) in [6.07, 6.45) is 8.08. The Morgan fingerprint density at radius 2 is 2.06 bits per heavy atom. The van der Waals surface area contributed by atoms with Crippen molar-refractivity contribution in [2.75, 3.05) is 19.6 Å². The highest BCUT2D eigenvalue weighted by Gasteiger charge is 2.40. The molecule has 18 heavy (non-hydrogen) atoms. The number of nitrogens with one attached hydrogen (secondary N) is 1. The first kappa shape index (κ1) is 13.9. The Morgan fingerprint density at radius 1 is 1.33 bits per heavy atom. The molecular weight excluding hydrogens is 224 g/mol. The van der Waals surface area contributed by atoms with Crippen LogP contribution in [0.5, 0.6) is 0 Å². The molecule has 0 saturated carbocycles. The van der Waals surface area contributed by atoms with Crippen LogP contribution in [0.4, 0.5) is 0 Å². The molecule has 1 atom stereocenters. The fourth-order valence-corrected chi connectivity index (χ4v) is 3.44. The Hall–Kier alpha value is -0.570. The lowest BCUT2D eigenvalue weighted by Crippen LogP contribution is -2.52. The zero-order valence-electron chi connectivity index (χ0n) is 12.0. The van der Waals surface area contributed by atoms with E-state index in [1.54, 1.807) is 0 Å². The SMILES string of the molecule is CCCC1CCCCN1C(=O)C1(C)CCNCC1. The van der Waals surface area contributed by atoms with E-state index in [0.29, 0.717) is 11.9 Å². The molecule has 0 aromatic heterocycles. The second kappa shape index (κ2) is 6.05. The molecule has 0 aliphatic carbocycles. The largest absolute Gasteiger partial charge is 0.339 e. The molecule has 0 aromatic rings. The van der Waals surface area contributed by atoms with E-state index in [9.17, 15) is 4.79 Å². The maximum atomic E-state index is 12.9. The Kier molecular flexibility index (Phi) is 4.66. The van der Waals surface area contributed by atoms with E-state index in [1.807, 2.05) is 0 Å². The maximum absolute atomic E-state index is 12.9. The Bertz CT molecular complexity index is 282. The summed E-state index contributed by atoms with van der Waals surface area (Å²) < 4.78 is 0. The van der Waals surface area contributed by atoms with Gasteiger partial charge in [0.05, 0.1) is 0 Å². The van der Waals surface area contributed by atoms with E-state index in [0.717, 1.165) is 32.5 Å². The molecule has 3 heteroatoms. The highest BCUT2D eigenvalue weighted by molar-refractivity contribution is 5.83. The van der Waals surface area contributed by atoms with Gasteiger partial charge in [-0.1, -0.05) is 20.3 Å². The molecule has 1 amide bonds. The van der Waals surface area contributed by atoms with E-state index in [1.165, 1.54) is 32.1 Å². The third-order valence-electron chi connectivity index (χ3n) is 4.73. The fraction of sp³-hybridized carbons (Fsp3) is 0.933. The van der Waals surface area contributed by atoms with Crippen LogP contribution >= 0.6 is 0 Å². The molecule has 1 N–H and O–H groups in total. The van der Waals surface area contributed by atoms with Crippen molar-refractivity contribution >= 4 is 5.91 Å². The zero-order valence-corrected chi connectivity index (χ0v) is 12.0. The van der Waals surface area contributed by atoms with Crippen molar-refractivity contribution in [2.24, 2.45) is 5.41 Å². The van der Waals surface area contributed by atoms with Gasteiger partial charge in [-0.15, -0.1) is 0 Å². The average molecular weight is 252 g/mol. The van der Waals surface area contributed by atoms with E-state index in [-0.39, 0.29) is 5.41 Å². The van der Waals surface area contributed by atoms with Crippen molar-refractivity contribution in [2.45, 2.75) is 64.8 Å². The normalized spacial score (nSPS) is 28.1. The lowest BCUT2D eigenvalue weighted by molar-refractivity contribution is -0.146. The molecule has 2 aliphatic rings. The number of likely N-dealkylation sites (tertiary alicyclic amines) is 1. The summed E-state index contributed by atoms with van der Waals surface area (Å²) in [5.74, 6) is 0.433. The molecule has 2 fully saturated rings. The minimum Gasteiger partial charge on any atom is -0.339 e. The molecule has 104 valence electrons. The van der Waals surface area contributed by atoms with Crippen molar-refractivity contribution in [3.8, 4) is 0 Å². The Morgan fingerprint density at radius 3 is 2.72 bits per heavy atom.